The minimum Gasteiger partial charge on any atom is -0.306 e. The smallest absolute Gasteiger partial charge is 0.0125 e. The van der Waals surface area contributed by atoms with Crippen LogP contribution in [0, 0.1) is 11.8 Å². The maximum absolute atomic E-state index is 2.55. The Kier molecular flexibility index (Phi) is 75.7. The summed E-state index contributed by atoms with van der Waals surface area (Å²) in [6, 6.07) is 0. The van der Waals surface area contributed by atoms with E-state index in [4.69, 9.17) is 0 Å². The second kappa shape index (κ2) is 45.8. The lowest BCUT2D eigenvalue weighted by Crippen LogP contribution is -2.38. The number of likely N-dealkylation sites (tertiary alicyclic amines) is 2. The van der Waals surface area contributed by atoms with Crippen molar-refractivity contribution < 1.29 is 0 Å². The molecule has 0 atom stereocenters. The van der Waals surface area contributed by atoms with Crippen LogP contribution in [0.3, 0.4) is 0 Å². The van der Waals surface area contributed by atoms with E-state index in [0.29, 0.717) is 5.54 Å². The minimum atomic E-state index is 0. The Balaban J connectivity index is -0.0000000364. The van der Waals surface area contributed by atoms with Gasteiger partial charge in [0.2, 0.25) is 0 Å². The van der Waals surface area contributed by atoms with Gasteiger partial charge in [-0.15, -0.1) is 0 Å². The molecule has 2 heteroatoms. The lowest BCUT2D eigenvalue weighted by atomic mass is 10.1. The first-order chi connectivity index (χ1) is 15.0. The van der Waals surface area contributed by atoms with Gasteiger partial charge in [-0.25, -0.2) is 0 Å². The van der Waals surface area contributed by atoms with E-state index in [2.05, 4.69) is 79.2 Å². The fourth-order valence-corrected chi connectivity index (χ4v) is 3.15. The standard InChI is InChI=1S/C8H17N.C5H11N.C5H10.2C4H10.2C2H6.5CH4/c1-8(2,3)9-6-4-5-7-9;1-6-4-2-3-5-6;1-2-4-5-3-1;2*1-4(2)3;2*1-2;;;;;/h4-7H2,1-3H3;2-5H2,1H3;1-5H2;2*4H,1-3H3;2*1-2H3;5*1H4. The van der Waals surface area contributed by atoms with Crippen molar-refractivity contribution in [3.63, 3.8) is 0 Å². The highest BCUT2D eigenvalue weighted by atomic mass is 15.2. The summed E-state index contributed by atoms with van der Waals surface area (Å²) in [4.78, 5) is 4.91. The van der Waals surface area contributed by atoms with Gasteiger partial charge in [0.05, 0.1) is 0 Å². The molecule has 0 amide bonds. The predicted molar refractivity (Wildman–Crippen MR) is 188 cm³/mol. The van der Waals surface area contributed by atoms with E-state index in [1.165, 1.54) is 84.0 Å². The van der Waals surface area contributed by atoms with Crippen molar-refractivity contribution in [2.45, 2.75) is 190 Å². The summed E-state index contributed by atoms with van der Waals surface area (Å²) in [5.74, 6) is 1.67. The van der Waals surface area contributed by atoms with E-state index in [1.54, 1.807) is 0 Å². The quantitative estimate of drug-likeness (QED) is 0.302. The van der Waals surface area contributed by atoms with Crippen LogP contribution in [0.2, 0.25) is 0 Å². The van der Waals surface area contributed by atoms with Crippen LogP contribution in [0.1, 0.15) is 185 Å². The molecule has 0 radical (unpaired) electrons. The average molecular weight is 539 g/mol. The summed E-state index contributed by atoms with van der Waals surface area (Å²) >= 11 is 0. The maximum atomic E-state index is 2.55. The van der Waals surface area contributed by atoms with Crippen molar-refractivity contribution >= 4 is 0 Å². The molecule has 0 spiro atoms. The van der Waals surface area contributed by atoms with Crippen LogP contribution >= 0.6 is 0 Å². The minimum absolute atomic E-state index is 0. The molecule has 3 aliphatic rings. The lowest BCUT2D eigenvalue weighted by molar-refractivity contribution is 0.175. The highest BCUT2D eigenvalue weighted by Gasteiger charge is 2.23. The summed E-state index contributed by atoms with van der Waals surface area (Å²) in [7, 11) is 2.17. The van der Waals surface area contributed by atoms with Crippen molar-refractivity contribution in [1.82, 2.24) is 9.80 Å². The summed E-state index contributed by atoms with van der Waals surface area (Å²) in [6.45, 7) is 33.1. The van der Waals surface area contributed by atoms with Gasteiger partial charge in [-0.05, 0) is 91.5 Å². The number of hydrogen-bond donors (Lipinski definition) is 0. The van der Waals surface area contributed by atoms with Crippen LogP contribution < -0.4 is 0 Å². The van der Waals surface area contributed by atoms with Crippen LogP contribution in [0.15, 0.2) is 0 Å². The van der Waals surface area contributed by atoms with Gasteiger partial charge in [0.15, 0.2) is 0 Å². The van der Waals surface area contributed by atoms with E-state index in [-0.39, 0.29) is 37.1 Å². The van der Waals surface area contributed by atoms with Gasteiger partial charge < -0.3 is 4.90 Å². The van der Waals surface area contributed by atoms with E-state index in [0.717, 1.165) is 11.8 Å². The molecule has 1 saturated carbocycles. The normalized spacial score (nSPS) is 15.2. The fourth-order valence-electron chi connectivity index (χ4n) is 3.15. The zero-order valence-electron chi connectivity index (χ0n) is 25.7. The molecule has 240 valence electrons. The molecule has 3 rings (SSSR count). The van der Waals surface area contributed by atoms with Crippen molar-refractivity contribution in [1.29, 1.82) is 0 Å². The van der Waals surface area contributed by atoms with E-state index in [1.807, 2.05) is 27.7 Å². The monoisotopic (exact) mass is 539 g/mol. The summed E-state index contributed by atoms with van der Waals surface area (Å²) in [5, 5.41) is 0. The van der Waals surface area contributed by atoms with Crippen molar-refractivity contribution in [3.8, 4) is 0 Å². The van der Waals surface area contributed by atoms with Crippen LogP contribution in [0.5, 0.6) is 0 Å². The maximum Gasteiger partial charge on any atom is 0.0125 e. The number of rotatable bonds is 0. The van der Waals surface area contributed by atoms with Crippen LogP contribution in [-0.4, -0.2) is 48.6 Å². The first-order valence-electron chi connectivity index (χ1n) is 14.4. The van der Waals surface area contributed by atoms with E-state index in [9.17, 15) is 0 Å². The van der Waals surface area contributed by atoms with Gasteiger partial charge in [-0.1, -0.05) is 138 Å². The fraction of sp³-hybridized carbons (Fsp3) is 1.00. The average Bonchev–Trinajstić information content (AvgIpc) is 3.48. The highest BCUT2D eigenvalue weighted by Crippen LogP contribution is 2.19. The molecular weight excluding hydrogens is 448 g/mol. The Morgan fingerprint density at radius 2 is 0.622 bits per heavy atom. The molecule has 0 N–H and O–H groups in total. The van der Waals surface area contributed by atoms with Crippen molar-refractivity contribution in [2.24, 2.45) is 11.8 Å². The summed E-state index contributed by atoms with van der Waals surface area (Å²) < 4.78 is 0. The molecule has 2 nitrogen and oxygen atoms in total. The van der Waals surface area contributed by atoms with Crippen molar-refractivity contribution in [2.75, 3.05) is 33.2 Å². The van der Waals surface area contributed by atoms with Crippen LogP contribution in [0.25, 0.3) is 0 Å². The molecule has 0 aromatic heterocycles. The molecule has 2 heterocycles. The first-order valence-corrected chi connectivity index (χ1v) is 14.4. The first kappa shape index (κ1) is 61.1. The van der Waals surface area contributed by atoms with Gasteiger partial charge in [-0.3, -0.25) is 4.90 Å². The molecule has 3 fully saturated rings. The number of hydrogen-bond acceptors (Lipinski definition) is 2. The summed E-state index contributed by atoms with van der Waals surface area (Å²) in [6.07, 6.45) is 13.1. The lowest BCUT2D eigenvalue weighted by Gasteiger charge is -2.31. The van der Waals surface area contributed by atoms with E-state index < -0.39 is 0 Å². The van der Waals surface area contributed by atoms with Gasteiger partial charge in [0.1, 0.15) is 0 Å². The van der Waals surface area contributed by atoms with E-state index >= 15 is 0 Å². The molecule has 0 aromatic carbocycles. The molecule has 0 bridgehead atoms. The molecular formula is C35H90N2. The Labute approximate surface area is 245 Å². The third-order valence-corrected chi connectivity index (χ3v) is 4.63. The zero-order valence-corrected chi connectivity index (χ0v) is 25.7. The topological polar surface area (TPSA) is 6.48 Å². The molecule has 0 unspecified atom stereocenters. The summed E-state index contributed by atoms with van der Waals surface area (Å²) in [5.41, 5.74) is 0.413. The Hall–Kier alpha value is -0.0800. The van der Waals surface area contributed by atoms with Crippen LogP contribution in [0.4, 0.5) is 0 Å². The second-order valence-corrected chi connectivity index (χ2v) is 11.1. The third-order valence-electron chi connectivity index (χ3n) is 4.63. The van der Waals surface area contributed by atoms with Gasteiger partial charge in [0, 0.05) is 5.54 Å². The molecule has 37 heavy (non-hydrogen) atoms. The third kappa shape index (κ3) is 66.6. The predicted octanol–water partition coefficient (Wildman–Crippen LogP) is 13.1. The van der Waals surface area contributed by atoms with Gasteiger partial charge in [0.25, 0.3) is 0 Å². The Morgan fingerprint density at radius 1 is 0.432 bits per heavy atom. The zero-order chi connectivity index (χ0) is 26.0. The largest absolute Gasteiger partial charge is 0.306 e. The molecule has 1 aliphatic carbocycles. The molecule has 2 aliphatic heterocycles. The van der Waals surface area contributed by atoms with Gasteiger partial charge in [-0.2, -0.15) is 0 Å². The number of nitrogens with zero attached hydrogens (tertiary/aromatic N) is 2. The SMILES string of the molecule is C.C.C.C.C.C1CCCC1.CC.CC.CC(C)(C)N1CCCC1.CC(C)C.CC(C)C.CN1CCCC1. The molecule has 0 aromatic rings. The molecule has 2 saturated heterocycles. The highest BCUT2D eigenvalue weighted by molar-refractivity contribution is 4.79. The second-order valence-electron chi connectivity index (χ2n) is 11.1. The van der Waals surface area contributed by atoms with Gasteiger partial charge >= 0.3 is 0 Å². The van der Waals surface area contributed by atoms with Crippen LogP contribution in [-0.2, 0) is 0 Å². The van der Waals surface area contributed by atoms with Crippen molar-refractivity contribution in [3.05, 3.63) is 0 Å². The Morgan fingerprint density at radius 3 is 0.730 bits per heavy atom. The Bertz CT molecular complexity index is 270.